The maximum Gasteiger partial charge on any atom is 0.252 e. The van der Waals surface area contributed by atoms with Crippen molar-refractivity contribution in [1.82, 2.24) is 5.32 Å². The monoisotopic (exact) mass is 324 g/mol. The molecule has 0 saturated heterocycles. The predicted molar refractivity (Wildman–Crippen MR) is 75.0 cm³/mol. The van der Waals surface area contributed by atoms with Gasteiger partial charge in [0, 0.05) is 6.54 Å². The molecule has 8 heteroatoms. The number of halogens is 2. The molecule has 3 N–H and O–H groups in total. The van der Waals surface area contributed by atoms with Crippen molar-refractivity contribution in [2.75, 3.05) is 6.54 Å². The van der Waals surface area contributed by atoms with Crippen LogP contribution in [0.25, 0.3) is 0 Å². The van der Waals surface area contributed by atoms with Gasteiger partial charge in [-0.25, -0.2) is 13.6 Å². The predicted octanol–water partition coefficient (Wildman–Crippen LogP) is 2.03. The Labute approximate surface area is 122 Å². The molecule has 0 heterocycles. The van der Waals surface area contributed by atoms with E-state index < -0.39 is 15.9 Å². The number of primary sulfonamides is 1. The Morgan fingerprint density at radius 2 is 1.89 bits per heavy atom. The number of rotatable bonds is 4. The van der Waals surface area contributed by atoms with Crippen molar-refractivity contribution >= 4 is 39.1 Å². The van der Waals surface area contributed by atoms with Crippen LogP contribution in [0.1, 0.15) is 24.2 Å². The second-order valence-corrected chi connectivity index (χ2v) is 6.76. The van der Waals surface area contributed by atoms with E-state index in [-0.39, 0.29) is 26.4 Å². The largest absolute Gasteiger partial charge is 0.352 e. The van der Waals surface area contributed by atoms with Gasteiger partial charge in [0.05, 0.1) is 15.6 Å². The lowest BCUT2D eigenvalue weighted by Gasteiger charge is -2.11. The van der Waals surface area contributed by atoms with Gasteiger partial charge in [0.1, 0.15) is 4.90 Å². The van der Waals surface area contributed by atoms with E-state index in [1.54, 1.807) is 0 Å². The summed E-state index contributed by atoms with van der Waals surface area (Å²) >= 11 is 11.6. The topological polar surface area (TPSA) is 89.3 Å². The maximum atomic E-state index is 11.9. The van der Waals surface area contributed by atoms with Crippen LogP contribution in [-0.2, 0) is 10.0 Å². The van der Waals surface area contributed by atoms with E-state index >= 15 is 0 Å². The maximum absolute atomic E-state index is 11.9. The Bertz CT molecular complexity index is 600. The summed E-state index contributed by atoms with van der Waals surface area (Å²) in [4.78, 5) is 11.6. The lowest BCUT2D eigenvalue weighted by atomic mass is 10.2. The highest BCUT2D eigenvalue weighted by molar-refractivity contribution is 7.89. The van der Waals surface area contributed by atoms with Gasteiger partial charge in [-0.15, -0.1) is 0 Å². The Morgan fingerprint density at radius 3 is 2.37 bits per heavy atom. The number of sulfonamides is 1. The number of carbonyl (C=O) groups is 1. The van der Waals surface area contributed by atoms with Gasteiger partial charge in [0.2, 0.25) is 10.0 Å². The number of benzene rings is 1. The fourth-order valence-corrected chi connectivity index (χ4v) is 2.72. The van der Waals surface area contributed by atoms with Crippen LogP contribution in [0.2, 0.25) is 10.0 Å². The zero-order valence-electron chi connectivity index (χ0n) is 10.4. The normalized spacial score (nSPS) is 11.7. The molecule has 0 aliphatic rings. The molecule has 0 bridgehead atoms. The first-order chi connectivity index (χ1) is 8.62. The van der Waals surface area contributed by atoms with E-state index in [2.05, 4.69) is 5.32 Å². The van der Waals surface area contributed by atoms with Crippen molar-refractivity contribution in [3.8, 4) is 0 Å². The van der Waals surface area contributed by atoms with Crippen LogP contribution >= 0.6 is 23.2 Å². The van der Waals surface area contributed by atoms with E-state index in [1.165, 1.54) is 6.07 Å². The molecular formula is C11H14Cl2N2O3S. The zero-order chi connectivity index (χ0) is 14.8. The summed E-state index contributed by atoms with van der Waals surface area (Å²) in [5, 5.41) is 7.60. The summed E-state index contributed by atoms with van der Waals surface area (Å²) in [6.07, 6.45) is 0. The minimum Gasteiger partial charge on any atom is -0.352 e. The Kier molecular flexibility index (Phi) is 5.20. The molecule has 0 aromatic heterocycles. The fraction of sp³-hybridized carbons (Fsp3) is 0.364. The number of amides is 1. The molecule has 5 nitrogen and oxygen atoms in total. The van der Waals surface area contributed by atoms with Crippen LogP contribution in [-0.4, -0.2) is 20.9 Å². The quantitative estimate of drug-likeness (QED) is 0.887. The Balaban J connectivity index is 3.19. The van der Waals surface area contributed by atoms with Gasteiger partial charge in [-0.2, -0.15) is 0 Å². The highest BCUT2D eigenvalue weighted by Gasteiger charge is 2.19. The van der Waals surface area contributed by atoms with Gasteiger partial charge in [-0.3, -0.25) is 4.79 Å². The number of nitrogens with one attached hydrogen (secondary N) is 1. The zero-order valence-corrected chi connectivity index (χ0v) is 12.7. The number of carbonyl (C=O) groups excluding carboxylic acids is 1. The molecular weight excluding hydrogens is 311 g/mol. The average molecular weight is 325 g/mol. The molecule has 0 atom stereocenters. The molecule has 0 radical (unpaired) electrons. The molecule has 1 aromatic rings. The van der Waals surface area contributed by atoms with Crippen LogP contribution in [0.3, 0.4) is 0 Å². The van der Waals surface area contributed by atoms with Gasteiger partial charge in [0.15, 0.2) is 0 Å². The van der Waals surface area contributed by atoms with Crippen LogP contribution in [0.4, 0.5) is 0 Å². The molecule has 0 unspecified atom stereocenters. The second kappa shape index (κ2) is 6.09. The highest BCUT2D eigenvalue weighted by atomic mass is 35.5. The third kappa shape index (κ3) is 4.35. The molecule has 1 aromatic carbocycles. The van der Waals surface area contributed by atoms with Gasteiger partial charge in [-0.05, 0) is 18.1 Å². The number of nitrogens with two attached hydrogens (primary N) is 1. The third-order valence-corrected chi connectivity index (χ3v) is 3.93. The van der Waals surface area contributed by atoms with Crippen molar-refractivity contribution in [2.24, 2.45) is 11.1 Å². The minimum absolute atomic E-state index is 0.0238. The van der Waals surface area contributed by atoms with Crippen molar-refractivity contribution < 1.29 is 13.2 Å². The van der Waals surface area contributed by atoms with Gasteiger partial charge in [0.25, 0.3) is 5.91 Å². The number of hydrogen-bond acceptors (Lipinski definition) is 3. The van der Waals surface area contributed by atoms with Crippen molar-refractivity contribution in [2.45, 2.75) is 18.7 Å². The molecule has 0 fully saturated rings. The van der Waals surface area contributed by atoms with Crippen LogP contribution < -0.4 is 10.5 Å². The molecule has 1 rings (SSSR count). The van der Waals surface area contributed by atoms with Crippen LogP contribution in [0.15, 0.2) is 17.0 Å². The summed E-state index contributed by atoms with van der Waals surface area (Å²) in [5.41, 5.74) is 0.0238. The van der Waals surface area contributed by atoms with Crippen LogP contribution in [0.5, 0.6) is 0 Å². The first-order valence-electron chi connectivity index (χ1n) is 5.43. The summed E-state index contributed by atoms with van der Waals surface area (Å²) in [6, 6.07) is 2.27. The molecule has 0 spiro atoms. The average Bonchev–Trinajstić information content (AvgIpc) is 2.24. The fourth-order valence-electron chi connectivity index (χ4n) is 1.31. The first-order valence-corrected chi connectivity index (χ1v) is 7.73. The van der Waals surface area contributed by atoms with Gasteiger partial charge in [-0.1, -0.05) is 37.0 Å². The van der Waals surface area contributed by atoms with Crippen LogP contribution in [0, 0.1) is 5.92 Å². The third-order valence-electron chi connectivity index (χ3n) is 2.24. The van der Waals surface area contributed by atoms with E-state index in [9.17, 15) is 13.2 Å². The highest BCUT2D eigenvalue weighted by Crippen LogP contribution is 2.27. The van der Waals surface area contributed by atoms with Gasteiger partial charge >= 0.3 is 0 Å². The lowest BCUT2D eigenvalue weighted by Crippen LogP contribution is -2.28. The van der Waals surface area contributed by atoms with Crippen molar-refractivity contribution in [3.63, 3.8) is 0 Å². The smallest absolute Gasteiger partial charge is 0.252 e. The molecule has 0 saturated carbocycles. The summed E-state index contributed by atoms with van der Waals surface area (Å²) in [5.74, 6) is -0.215. The Morgan fingerprint density at radius 1 is 1.32 bits per heavy atom. The molecule has 106 valence electrons. The van der Waals surface area contributed by atoms with E-state index in [0.717, 1.165) is 6.07 Å². The molecule has 1 amide bonds. The first kappa shape index (κ1) is 16.2. The van der Waals surface area contributed by atoms with Gasteiger partial charge < -0.3 is 5.32 Å². The summed E-state index contributed by atoms with van der Waals surface area (Å²) < 4.78 is 22.6. The summed E-state index contributed by atoms with van der Waals surface area (Å²) in [6.45, 7) is 4.31. The number of hydrogen-bond donors (Lipinski definition) is 2. The SMILES string of the molecule is CC(C)CNC(=O)c1cc(S(N)(=O)=O)c(Cl)cc1Cl. The van der Waals surface area contributed by atoms with Crippen molar-refractivity contribution in [3.05, 3.63) is 27.7 Å². The minimum atomic E-state index is -4.01. The lowest BCUT2D eigenvalue weighted by molar-refractivity contribution is 0.0949. The van der Waals surface area contributed by atoms with E-state index in [0.29, 0.717) is 6.54 Å². The van der Waals surface area contributed by atoms with E-state index in [1.807, 2.05) is 13.8 Å². The van der Waals surface area contributed by atoms with E-state index in [4.69, 9.17) is 28.3 Å². The second-order valence-electron chi connectivity index (χ2n) is 4.41. The Hall–Kier alpha value is -0.820. The standard InChI is InChI=1S/C11H14Cl2N2O3S/c1-6(2)5-15-11(16)7-3-10(19(14,17)18)9(13)4-8(7)12/h3-4,6H,5H2,1-2H3,(H,15,16)(H2,14,17,18). The molecule has 0 aliphatic heterocycles. The van der Waals surface area contributed by atoms with Crippen molar-refractivity contribution in [1.29, 1.82) is 0 Å². The molecule has 19 heavy (non-hydrogen) atoms. The molecule has 0 aliphatic carbocycles. The summed E-state index contributed by atoms with van der Waals surface area (Å²) in [7, 11) is -4.01.